The van der Waals surface area contributed by atoms with E-state index in [2.05, 4.69) is 39.3 Å². The maximum Gasteiger partial charge on any atom is 0.251 e. The summed E-state index contributed by atoms with van der Waals surface area (Å²) >= 11 is 0. The monoisotopic (exact) mass is 501 g/mol. The molecule has 28 heavy (non-hydrogen) atoms. The molecule has 7 heteroatoms. The first kappa shape index (κ1) is 24.7. The minimum atomic E-state index is -0.0261. The second-order valence-electron chi connectivity index (χ2n) is 8.01. The van der Waals surface area contributed by atoms with Crippen molar-refractivity contribution in [1.82, 2.24) is 20.4 Å². The Balaban J connectivity index is 0.00000392. The van der Waals surface area contributed by atoms with Crippen LogP contribution in [-0.2, 0) is 6.54 Å². The highest BCUT2D eigenvalue weighted by Crippen LogP contribution is 2.20. The first-order valence-electron chi connectivity index (χ1n) is 9.86. The maximum absolute atomic E-state index is 12.3. The highest BCUT2D eigenvalue weighted by molar-refractivity contribution is 14.0. The van der Waals surface area contributed by atoms with Gasteiger partial charge in [0.2, 0.25) is 0 Å². The van der Waals surface area contributed by atoms with E-state index in [1.165, 1.54) is 6.42 Å². The number of benzene rings is 1. The van der Waals surface area contributed by atoms with Crippen molar-refractivity contribution in [3.8, 4) is 0 Å². The fourth-order valence-electron chi connectivity index (χ4n) is 3.67. The highest BCUT2D eigenvalue weighted by Gasteiger charge is 2.23. The zero-order valence-corrected chi connectivity index (χ0v) is 20.2. The van der Waals surface area contributed by atoms with Gasteiger partial charge in [-0.15, -0.1) is 24.0 Å². The van der Waals surface area contributed by atoms with Gasteiger partial charge in [-0.2, -0.15) is 0 Å². The lowest BCUT2D eigenvalue weighted by atomic mass is 9.92. The van der Waals surface area contributed by atoms with Gasteiger partial charge in [0.05, 0.1) is 0 Å². The lowest BCUT2D eigenvalue weighted by Crippen LogP contribution is -2.48. The molecule has 2 unspecified atom stereocenters. The summed E-state index contributed by atoms with van der Waals surface area (Å²) in [7, 11) is 5.82. The molecule has 1 heterocycles. The van der Waals surface area contributed by atoms with E-state index in [-0.39, 0.29) is 29.9 Å². The molecular formula is C21H36IN5O. The summed E-state index contributed by atoms with van der Waals surface area (Å²) in [6.45, 7) is 8.81. The summed E-state index contributed by atoms with van der Waals surface area (Å²) in [4.78, 5) is 21.2. The molecule has 1 amide bonds. The standard InChI is InChI=1S/C21H35N5O.HI/c1-16-11-17(2)15-26(14-16)21(22-3)24-13-18-7-6-8-19(12-18)20(27)23-9-10-25(4)5;/h6-8,12,16-17H,9-11,13-15H2,1-5H3,(H,22,24)(H,23,27);1H. The molecule has 2 rings (SSSR count). The van der Waals surface area contributed by atoms with E-state index in [0.717, 1.165) is 31.2 Å². The Kier molecular flexibility index (Phi) is 10.8. The predicted molar refractivity (Wildman–Crippen MR) is 127 cm³/mol. The zero-order chi connectivity index (χ0) is 19.8. The van der Waals surface area contributed by atoms with Crippen molar-refractivity contribution < 1.29 is 4.79 Å². The van der Waals surface area contributed by atoms with Crippen molar-refractivity contribution in [3.05, 3.63) is 35.4 Å². The molecule has 1 saturated heterocycles. The molecule has 1 aromatic rings. The van der Waals surface area contributed by atoms with Gasteiger partial charge in [0.25, 0.3) is 5.91 Å². The third-order valence-electron chi connectivity index (χ3n) is 4.86. The van der Waals surface area contributed by atoms with E-state index in [1.807, 2.05) is 45.4 Å². The molecule has 1 aromatic carbocycles. The van der Waals surface area contributed by atoms with Gasteiger partial charge in [-0.1, -0.05) is 26.0 Å². The van der Waals surface area contributed by atoms with Gasteiger partial charge in [-0.05, 0) is 50.0 Å². The quantitative estimate of drug-likeness (QED) is 0.358. The van der Waals surface area contributed by atoms with Crippen LogP contribution in [0.3, 0.4) is 0 Å². The number of nitrogens with one attached hydrogen (secondary N) is 2. The largest absolute Gasteiger partial charge is 0.352 e. The minimum Gasteiger partial charge on any atom is -0.352 e. The zero-order valence-electron chi connectivity index (χ0n) is 17.9. The van der Waals surface area contributed by atoms with Gasteiger partial charge in [-0.25, -0.2) is 0 Å². The van der Waals surface area contributed by atoms with E-state index in [0.29, 0.717) is 30.5 Å². The molecule has 0 aromatic heterocycles. The van der Waals surface area contributed by atoms with Crippen LogP contribution >= 0.6 is 24.0 Å². The maximum atomic E-state index is 12.3. The topological polar surface area (TPSA) is 60.0 Å². The number of rotatable bonds is 6. The third kappa shape index (κ3) is 7.95. The Morgan fingerprint density at radius 2 is 1.89 bits per heavy atom. The van der Waals surface area contributed by atoms with Crippen molar-refractivity contribution in [3.63, 3.8) is 0 Å². The average Bonchev–Trinajstić information content (AvgIpc) is 2.61. The SMILES string of the molecule is CN=C(NCc1cccc(C(=O)NCCN(C)C)c1)N1CC(C)CC(C)C1.I. The van der Waals surface area contributed by atoms with Crippen molar-refractivity contribution in [2.45, 2.75) is 26.8 Å². The van der Waals surface area contributed by atoms with Crippen LogP contribution in [0.5, 0.6) is 0 Å². The number of likely N-dealkylation sites (tertiary alicyclic amines) is 1. The Morgan fingerprint density at radius 3 is 2.50 bits per heavy atom. The molecule has 1 aliphatic heterocycles. The summed E-state index contributed by atoms with van der Waals surface area (Å²) in [5.41, 5.74) is 1.78. The molecule has 6 nitrogen and oxygen atoms in total. The molecule has 0 bridgehead atoms. The second-order valence-corrected chi connectivity index (χ2v) is 8.01. The van der Waals surface area contributed by atoms with Crippen LogP contribution in [0.25, 0.3) is 0 Å². The van der Waals surface area contributed by atoms with Crippen molar-refractivity contribution in [2.24, 2.45) is 16.8 Å². The highest BCUT2D eigenvalue weighted by atomic mass is 127. The molecule has 0 saturated carbocycles. The number of aliphatic imine (C=N–C) groups is 1. The number of guanidine groups is 1. The summed E-state index contributed by atoms with van der Waals surface area (Å²) < 4.78 is 0. The first-order chi connectivity index (χ1) is 12.9. The summed E-state index contributed by atoms with van der Waals surface area (Å²) in [6.07, 6.45) is 1.28. The molecule has 2 atom stereocenters. The molecular weight excluding hydrogens is 465 g/mol. The number of hydrogen-bond donors (Lipinski definition) is 2. The normalized spacial score (nSPS) is 19.9. The van der Waals surface area contributed by atoms with Crippen molar-refractivity contribution in [1.29, 1.82) is 0 Å². The van der Waals surface area contributed by atoms with Gasteiger partial charge in [0, 0.05) is 45.3 Å². The number of carbonyl (C=O) groups excluding carboxylic acids is 1. The first-order valence-corrected chi connectivity index (χ1v) is 9.86. The number of nitrogens with zero attached hydrogens (tertiary/aromatic N) is 3. The number of halogens is 1. The molecule has 0 radical (unpaired) electrons. The Bertz CT molecular complexity index is 639. The molecule has 158 valence electrons. The fourth-order valence-corrected chi connectivity index (χ4v) is 3.67. The Hall–Kier alpha value is -1.35. The lowest BCUT2D eigenvalue weighted by molar-refractivity contribution is 0.0951. The summed E-state index contributed by atoms with van der Waals surface area (Å²) in [5.74, 6) is 2.28. The number of likely N-dealkylation sites (N-methyl/N-ethyl adjacent to an activating group) is 1. The van der Waals surface area contributed by atoms with E-state index in [1.54, 1.807) is 0 Å². The van der Waals surface area contributed by atoms with Gasteiger partial charge in [0.15, 0.2) is 5.96 Å². The van der Waals surface area contributed by atoms with Crippen LogP contribution in [0.15, 0.2) is 29.3 Å². The van der Waals surface area contributed by atoms with Crippen LogP contribution in [0.1, 0.15) is 36.2 Å². The lowest BCUT2D eigenvalue weighted by Gasteiger charge is -2.37. The summed E-state index contributed by atoms with van der Waals surface area (Å²) in [6, 6.07) is 7.79. The van der Waals surface area contributed by atoms with Crippen LogP contribution in [0.2, 0.25) is 0 Å². The molecule has 1 fully saturated rings. The number of carbonyl (C=O) groups is 1. The minimum absolute atomic E-state index is 0. The van der Waals surface area contributed by atoms with Crippen LogP contribution in [0.4, 0.5) is 0 Å². The molecule has 2 N–H and O–H groups in total. The number of piperidine rings is 1. The van der Waals surface area contributed by atoms with Gasteiger partial charge in [0.1, 0.15) is 0 Å². The predicted octanol–water partition coefficient (Wildman–Crippen LogP) is 2.65. The molecule has 0 aliphatic carbocycles. The van der Waals surface area contributed by atoms with E-state index in [9.17, 15) is 4.79 Å². The number of hydrogen-bond acceptors (Lipinski definition) is 3. The fraction of sp³-hybridized carbons (Fsp3) is 0.619. The molecule has 0 spiro atoms. The average molecular weight is 501 g/mol. The molecule has 1 aliphatic rings. The Labute approximate surface area is 187 Å². The van der Waals surface area contributed by atoms with Gasteiger partial charge < -0.3 is 20.4 Å². The number of amides is 1. The summed E-state index contributed by atoms with van der Waals surface area (Å²) in [5, 5.41) is 6.42. The van der Waals surface area contributed by atoms with Gasteiger partial charge in [-0.3, -0.25) is 9.79 Å². The van der Waals surface area contributed by atoms with Crippen LogP contribution in [0, 0.1) is 11.8 Å². The van der Waals surface area contributed by atoms with E-state index in [4.69, 9.17) is 0 Å². The van der Waals surface area contributed by atoms with Crippen LogP contribution in [-0.4, -0.2) is 69.0 Å². The second kappa shape index (κ2) is 12.3. The van der Waals surface area contributed by atoms with E-state index < -0.39 is 0 Å². The van der Waals surface area contributed by atoms with Gasteiger partial charge >= 0.3 is 0 Å². The smallest absolute Gasteiger partial charge is 0.251 e. The van der Waals surface area contributed by atoms with Crippen molar-refractivity contribution in [2.75, 3.05) is 47.3 Å². The Morgan fingerprint density at radius 1 is 1.21 bits per heavy atom. The van der Waals surface area contributed by atoms with Crippen LogP contribution < -0.4 is 10.6 Å². The van der Waals surface area contributed by atoms with Crippen molar-refractivity contribution >= 4 is 35.8 Å². The van der Waals surface area contributed by atoms with E-state index >= 15 is 0 Å². The third-order valence-corrected chi connectivity index (χ3v) is 4.86.